The molecule has 0 aliphatic heterocycles. The van der Waals surface area contributed by atoms with Crippen LogP contribution in [0.4, 0.5) is 18.9 Å². The van der Waals surface area contributed by atoms with Gasteiger partial charge in [0.2, 0.25) is 11.1 Å². The van der Waals surface area contributed by atoms with Crippen molar-refractivity contribution in [2.75, 3.05) is 11.1 Å². The molecule has 1 amide bonds. The van der Waals surface area contributed by atoms with Gasteiger partial charge in [-0.1, -0.05) is 43.0 Å². The lowest BCUT2D eigenvalue weighted by Gasteiger charge is -2.09. The highest BCUT2D eigenvalue weighted by atomic mass is 32.2. The second-order valence-electron chi connectivity index (χ2n) is 6.85. The Morgan fingerprint density at radius 3 is 2.71 bits per heavy atom. The Kier molecular flexibility index (Phi) is 5.81. The number of hydrogen-bond acceptors (Lipinski definition) is 5. The Labute approximate surface area is 179 Å². The summed E-state index contributed by atoms with van der Waals surface area (Å²) in [7, 11) is 0. The van der Waals surface area contributed by atoms with Crippen LogP contribution in [0.25, 0.3) is 22.1 Å². The lowest BCUT2D eigenvalue weighted by atomic mass is 10.2. The Bertz CT molecular complexity index is 1250. The molecule has 4 rings (SSSR count). The summed E-state index contributed by atoms with van der Waals surface area (Å²) in [6, 6.07) is 12.4. The van der Waals surface area contributed by atoms with E-state index >= 15 is 0 Å². The van der Waals surface area contributed by atoms with Crippen LogP contribution in [-0.2, 0) is 17.5 Å². The minimum atomic E-state index is -4.47. The molecule has 0 fully saturated rings. The fourth-order valence-corrected chi connectivity index (χ4v) is 3.88. The van der Waals surface area contributed by atoms with Crippen molar-refractivity contribution in [1.29, 1.82) is 0 Å². The first-order valence-corrected chi connectivity index (χ1v) is 10.6. The molecule has 0 bridgehead atoms. The molecule has 6 nitrogen and oxygen atoms in total. The van der Waals surface area contributed by atoms with Crippen molar-refractivity contribution in [2.24, 2.45) is 0 Å². The standard InChI is InChI=1S/C21H18F3N5OS/c1-2-10-29-16-9-4-3-8-15(16)18-19(29)26-20(28-27-18)31-12-17(30)25-14-7-5-6-13(11-14)21(22,23)24/h3-9,11H,2,10,12H2,1H3,(H,25,30). The largest absolute Gasteiger partial charge is 0.416 e. The number of carbonyl (C=O) groups excluding carboxylic acids is 1. The number of carbonyl (C=O) groups is 1. The van der Waals surface area contributed by atoms with Crippen LogP contribution in [0.1, 0.15) is 18.9 Å². The van der Waals surface area contributed by atoms with E-state index in [0.717, 1.165) is 47.8 Å². The molecule has 2 heterocycles. The van der Waals surface area contributed by atoms with Gasteiger partial charge in [-0.2, -0.15) is 13.2 Å². The molecule has 0 spiro atoms. The molecule has 2 aromatic carbocycles. The van der Waals surface area contributed by atoms with Gasteiger partial charge in [0.15, 0.2) is 5.65 Å². The zero-order chi connectivity index (χ0) is 22.0. The SMILES string of the molecule is CCCn1c2ccccc2c2nnc(SCC(=O)Nc3cccc(C(F)(F)F)c3)nc21. The number of halogens is 3. The first-order valence-electron chi connectivity index (χ1n) is 9.58. The number of rotatable bonds is 6. The lowest BCUT2D eigenvalue weighted by Crippen LogP contribution is -2.15. The second kappa shape index (κ2) is 8.54. The third-order valence-electron chi connectivity index (χ3n) is 4.61. The molecule has 0 aliphatic rings. The van der Waals surface area contributed by atoms with Crippen molar-refractivity contribution in [2.45, 2.75) is 31.2 Å². The zero-order valence-corrected chi connectivity index (χ0v) is 17.3. The van der Waals surface area contributed by atoms with E-state index in [1.807, 2.05) is 24.3 Å². The molecule has 4 aromatic rings. The zero-order valence-electron chi connectivity index (χ0n) is 16.5. The normalized spacial score (nSPS) is 11.9. The molecule has 1 N–H and O–H groups in total. The number of anilines is 1. The van der Waals surface area contributed by atoms with Crippen molar-refractivity contribution in [3.05, 3.63) is 54.1 Å². The third kappa shape index (κ3) is 4.48. The Morgan fingerprint density at radius 1 is 1.13 bits per heavy atom. The predicted octanol–water partition coefficient (Wildman–Crippen LogP) is 5.14. The molecule has 0 saturated heterocycles. The molecule has 31 heavy (non-hydrogen) atoms. The van der Waals surface area contributed by atoms with E-state index in [1.165, 1.54) is 12.1 Å². The number of para-hydroxylation sites is 1. The topological polar surface area (TPSA) is 72.7 Å². The van der Waals surface area contributed by atoms with Gasteiger partial charge < -0.3 is 9.88 Å². The summed E-state index contributed by atoms with van der Waals surface area (Å²) in [5, 5.41) is 12.2. The van der Waals surface area contributed by atoms with Crippen LogP contribution in [0.5, 0.6) is 0 Å². The highest BCUT2D eigenvalue weighted by Crippen LogP contribution is 2.31. The van der Waals surface area contributed by atoms with Crippen molar-refractivity contribution in [3.63, 3.8) is 0 Å². The van der Waals surface area contributed by atoms with E-state index in [0.29, 0.717) is 16.3 Å². The highest BCUT2D eigenvalue weighted by Gasteiger charge is 2.30. The molecular weight excluding hydrogens is 427 g/mol. The van der Waals surface area contributed by atoms with Crippen molar-refractivity contribution in [1.82, 2.24) is 19.7 Å². The summed E-state index contributed by atoms with van der Waals surface area (Å²) in [5.74, 6) is -0.514. The quantitative estimate of drug-likeness (QED) is 0.416. The molecule has 160 valence electrons. The number of nitrogens with one attached hydrogen (secondary N) is 1. The molecule has 0 radical (unpaired) electrons. The van der Waals surface area contributed by atoms with E-state index in [9.17, 15) is 18.0 Å². The lowest BCUT2D eigenvalue weighted by molar-refractivity contribution is -0.137. The van der Waals surface area contributed by atoms with Gasteiger partial charge in [-0.25, -0.2) is 4.98 Å². The highest BCUT2D eigenvalue weighted by molar-refractivity contribution is 7.99. The number of thioether (sulfide) groups is 1. The van der Waals surface area contributed by atoms with Gasteiger partial charge in [0.25, 0.3) is 0 Å². The fraction of sp³-hybridized carbons (Fsp3) is 0.238. The van der Waals surface area contributed by atoms with Gasteiger partial charge in [0.1, 0.15) is 5.52 Å². The monoisotopic (exact) mass is 445 g/mol. The number of alkyl halides is 3. The molecule has 0 atom stereocenters. The second-order valence-corrected chi connectivity index (χ2v) is 7.79. The Hall–Kier alpha value is -3.14. The smallest absolute Gasteiger partial charge is 0.325 e. The van der Waals surface area contributed by atoms with Gasteiger partial charge in [-0.05, 0) is 30.7 Å². The summed E-state index contributed by atoms with van der Waals surface area (Å²) in [5.41, 5.74) is 1.67. The van der Waals surface area contributed by atoms with Crippen LogP contribution in [0.15, 0.2) is 53.7 Å². The number of aryl methyl sites for hydroxylation is 1. The summed E-state index contributed by atoms with van der Waals surface area (Å²) < 4.78 is 40.5. The number of aromatic nitrogens is 4. The number of fused-ring (bicyclic) bond motifs is 3. The molecule has 0 unspecified atom stereocenters. The van der Waals surface area contributed by atoms with Gasteiger partial charge >= 0.3 is 6.18 Å². The number of nitrogens with zero attached hydrogens (tertiary/aromatic N) is 4. The first-order chi connectivity index (χ1) is 14.9. The molecule has 10 heteroatoms. The van der Waals surface area contributed by atoms with E-state index in [1.54, 1.807) is 0 Å². The van der Waals surface area contributed by atoms with E-state index < -0.39 is 17.6 Å². The Morgan fingerprint density at radius 2 is 1.94 bits per heavy atom. The molecule has 2 aromatic heterocycles. The summed E-state index contributed by atoms with van der Waals surface area (Å²) >= 11 is 1.08. The maximum atomic E-state index is 12.8. The van der Waals surface area contributed by atoms with Crippen LogP contribution in [-0.4, -0.2) is 31.4 Å². The average molecular weight is 445 g/mol. The van der Waals surface area contributed by atoms with Crippen LogP contribution in [0.3, 0.4) is 0 Å². The van der Waals surface area contributed by atoms with Crippen molar-refractivity contribution in [3.8, 4) is 0 Å². The van der Waals surface area contributed by atoms with Crippen LogP contribution in [0.2, 0.25) is 0 Å². The summed E-state index contributed by atoms with van der Waals surface area (Å²) in [6.07, 6.45) is -3.55. The predicted molar refractivity (Wildman–Crippen MR) is 114 cm³/mol. The minimum absolute atomic E-state index is 0.0581. The maximum Gasteiger partial charge on any atom is 0.416 e. The van der Waals surface area contributed by atoms with E-state index in [2.05, 4.69) is 32.0 Å². The molecular formula is C21H18F3N5OS. The van der Waals surface area contributed by atoms with Gasteiger partial charge in [0, 0.05) is 17.6 Å². The van der Waals surface area contributed by atoms with E-state index in [4.69, 9.17) is 0 Å². The first kappa shape index (κ1) is 21.1. The number of benzene rings is 2. The average Bonchev–Trinajstić information content (AvgIpc) is 3.05. The van der Waals surface area contributed by atoms with Crippen molar-refractivity contribution >= 4 is 45.4 Å². The summed E-state index contributed by atoms with van der Waals surface area (Å²) in [4.78, 5) is 16.8. The maximum absolute atomic E-state index is 12.8. The van der Waals surface area contributed by atoms with Crippen LogP contribution >= 0.6 is 11.8 Å². The van der Waals surface area contributed by atoms with Crippen molar-refractivity contribution < 1.29 is 18.0 Å². The van der Waals surface area contributed by atoms with Crippen LogP contribution in [0, 0.1) is 0 Å². The Balaban J connectivity index is 1.51. The fourth-order valence-electron chi connectivity index (χ4n) is 3.30. The van der Waals surface area contributed by atoms with Gasteiger partial charge in [-0.3, -0.25) is 4.79 Å². The number of hydrogen-bond donors (Lipinski definition) is 1. The van der Waals surface area contributed by atoms with Gasteiger partial charge in [0.05, 0.1) is 16.8 Å². The van der Waals surface area contributed by atoms with Gasteiger partial charge in [-0.15, -0.1) is 10.2 Å². The third-order valence-corrected chi connectivity index (χ3v) is 5.45. The molecule has 0 aliphatic carbocycles. The molecule has 0 saturated carbocycles. The number of amides is 1. The van der Waals surface area contributed by atoms with Crippen LogP contribution < -0.4 is 5.32 Å². The summed E-state index contributed by atoms with van der Waals surface area (Å²) in [6.45, 7) is 2.84. The van der Waals surface area contributed by atoms with E-state index in [-0.39, 0.29) is 11.4 Å². The minimum Gasteiger partial charge on any atom is -0.325 e.